The molecule has 2 atom stereocenters. The quantitative estimate of drug-likeness (QED) is 0.785. The second-order valence-electron chi connectivity index (χ2n) is 5.28. The van der Waals surface area contributed by atoms with Gasteiger partial charge in [-0.1, -0.05) is 25.5 Å². The number of hydrogen-bond donors (Lipinski definition) is 2. The molecule has 0 bridgehead atoms. The third-order valence-corrected chi connectivity index (χ3v) is 3.70. The molecule has 2 rings (SSSR count). The van der Waals surface area contributed by atoms with Crippen molar-refractivity contribution in [1.82, 2.24) is 5.32 Å². The zero-order valence-electron chi connectivity index (χ0n) is 12.2. The predicted octanol–water partition coefficient (Wildman–Crippen LogP) is 2.35. The summed E-state index contributed by atoms with van der Waals surface area (Å²) in [6.45, 7) is 4.53. The first kappa shape index (κ1) is 14.9. The second kappa shape index (κ2) is 6.75. The molecule has 1 aliphatic rings. The van der Waals surface area contributed by atoms with Gasteiger partial charge in [0, 0.05) is 12.1 Å². The van der Waals surface area contributed by atoms with Gasteiger partial charge in [0.15, 0.2) is 6.10 Å². The third-order valence-electron chi connectivity index (χ3n) is 3.70. The summed E-state index contributed by atoms with van der Waals surface area (Å²) in [5.74, 6) is 0.631. The Hall–Kier alpha value is -1.55. The summed E-state index contributed by atoms with van der Waals surface area (Å²) in [5.41, 5.74) is 1.97. The molecule has 2 N–H and O–H groups in total. The van der Waals surface area contributed by atoms with E-state index in [4.69, 9.17) is 4.74 Å². The number of hydrogen-bond acceptors (Lipinski definition) is 3. The number of carbonyl (C=O) groups excluding carboxylic acids is 1. The van der Waals surface area contributed by atoms with Crippen LogP contribution in [0.5, 0.6) is 5.75 Å². The van der Waals surface area contributed by atoms with Gasteiger partial charge in [-0.15, -0.1) is 0 Å². The van der Waals surface area contributed by atoms with Gasteiger partial charge in [0.2, 0.25) is 0 Å². The first-order valence-corrected chi connectivity index (χ1v) is 7.37. The smallest absolute Gasteiger partial charge is 0.260 e. The Morgan fingerprint density at radius 2 is 2.35 bits per heavy atom. The molecule has 20 heavy (non-hydrogen) atoms. The molecule has 0 saturated heterocycles. The molecule has 1 aliphatic carbocycles. The third kappa shape index (κ3) is 3.31. The Bertz CT molecular complexity index is 473. The first-order valence-electron chi connectivity index (χ1n) is 7.37. The fourth-order valence-electron chi connectivity index (χ4n) is 2.49. The fourth-order valence-corrected chi connectivity index (χ4v) is 2.49. The van der Waals surface area contributed by atoms with Gasteiger partial charge in [0.1, 0.15) is 5.75 Å². The lowest BCUT2D eigenvalue weighted by Gasteiger charge is -2.17. The van der Waals surface area contributed by atoms with Gasteiger partial charge in [-0.2, -0.15) is 0 Å². The standard InChI is InChI=1S/C16H23NO3/c1-3-4-10-17-16(19)11(2)20-15-7-5-6-12-13(15)8-9-14(12)18/h5-7,11,14,18H,3-4,8-10H2,1-2H3,(H,17,19). The van der Waals surface area contributed by atoms with Gasteiger partial charge in [-0.3, -0.25) is 4.79 Å². The van der Waals surface area contributed by atoms with Crippen LogP contribution in [0, 0.1) is 0 Å². The molecule has 0 aliphatic heterocycles. The average Bonchev–Trinajstić information content (AvgIpc) is 2.82. The SMILES string of the molecule is CCCCNC(=O)C(C)Oc1cccc2c1CCC2O. The lowest BCUT2D eigenvalue weighted by Crippen LogP contribution is -2.36. The highest BCUT2D eigenvalue weighted by molar-refractivity contribution is 5.80. The maximum atomic E-state index is 11.9. The Kier molecular flexibility index (Phi) is 5.01. The fraction of sp³-hybridized carbons (Fsp3) is 0.562. The molecule has 1 aromatic rings. The molecule has 1 amide bonds. The topological polar surface area (TPSA) is 58.6 Å². The maximum Gasteiger partial charge on any atom is 0.260 e. The zero-order valence-corrected chi connectivity index (χ0v) is 12.2. The Balaban J connectivity index is 1.98. The maximum absolute atomic E-state index is 11.9. The van der Waals surface area contributed by atoms with E-state index in [0.29, 0.717) is 6.54 Å². The number of amides is 1. The van der Waals surface area contributed by atoms with Crippen molar-refractivity contribution in [2.75, 3.05) is 6.54 Å². The van der Waals surface area contributed by atoms with Crippen molar-refractivity contribution in [3.05, 3.63) is 29.3 Å². The number of fused-ring (bicyclic) bond motifs is 1. The number of aliphatic hydroxyl groups is 1. The van der Waals surface area contributed by atoms with Crippen LogP contribution in [-0.4, -0.2) is 23.7 Å². The molecule has 2 unspecified atom stereocenters. The molecule has 0 saturated carbocycles. The van der Waals surface area contributed by atoms with Gasteiger partial charge in [0.05, 0.1) is 6.10 Å². The number of nitrogens with one attached hydrogen (secondary N) is 1. The molecule has 110 valence electrons. The van der Waals surface area contributed by atoms with E-state index in [1.54, 1.807) is 6.92 Å². The van der Waals surface area contributed by atoms with Crippen LogP contribution in [0.4, 0.5) is 0 Å². The van der Waals surface area contributed by atoms with E-state index < -0.39 is 12.2 Å². The van der Waals surface area contributed by atoms with Crippen LogP contribution < -0.4 is 10.1 Å². The van der Waals surface area contributed by atoms with Gasteiger partial charge in [-0.25, -0.2) is 0 Å². The first-order chi connectivity index (χ1) is 9.63. The molecule has 0 aromatic heterocycles. The molecule has 0 spiro atoms. The predicted molar refractivity (Wildman–Crippen MR) is 77.7 cm³/mol. The summed E-state index contributed by atoms with van der Waals surface area (Å²) in [6.07, 6.45) is 2.65. The van der Waals surface area contributed by atoms with Crippen molar-refractivity contribution in [1.29, 1.82) is 0 Å². The molecular weight excluding hydrogens is 254 g/mol. The summed E-state index contributed by atoms with van der Waals surface area (Å²) >= 11 is 0. The summed E-state index contributed by atoms with van der Waals surface area (Å²) in [4.78, 5) is 11.9. The zero-order chi connectivity index (χ0) is 14.5. The highest BCUT2D eigenvalue weighted by atomic mass is 16.5. The van der Waals surface area contributed by atoms with Gasteiger partial charge in [0.25, 0.3) is 5.91 Å². The normalized spacial score (nSPS) is 18.4. The van der Waals surface area contributed by atoms with Crippen LogP contribution in [0.2, 0.25) is 0 Å². The van der Waals surface area contributed by atoms with Crippen molar-refractivity contribution in [3.63, 3.8) is 0 Å². The molecule has 1 aromatic carbocycles. The summed E-state index contributed by atoms with van der Waals surface area (Å²) < 4.78 is 5.77. The van der Waals surface area contributed by atoms with Gasteiger partial charge >= 0.3 is 0 Å². The number of carbonyl (C=O) groups is 1. The van der Waals surface area contributed by atoms with Crippen LogP contribution in [0.15, 0.2) is 18.2 Å². The number of ether oxygens (including phenoxy) is 1. The van der Waals surface area contributed by atoms with Crippen molar-refractivity contribution in [3.8, 4) is 5.75 Å². The Labute approximate surface area is 120 Å². The molecule has 4 heteroatoms. The minimum Gasteiger partial charge on any atom is -0.481 e. The number of benzene rings is 1. The van der Waals surface area contributed by atoms with E-state index in [0.717, 1.165) is 42.6 Å². The van der Waals surface area contributed by atoms with Crippen LogP contribution in [-0.2, 0) is 11.2 Å². The average molecular weight is 277 g/mol. The molecular formula is C16H23NO3. The van der Waals surface area contributed by atoms with E-state index in [1.807, 2.05) is 18.2 Å². The van der Waals surface area contributed by atoms with Crippen LogP contribution in [0.1, 0.15) is 50.3 Å². The highest BCUT2D eigenvalue weighted by Crippen LogP contribution is 2.36. The minimum absolute atomic E-state index is 0.0883. The molecule has 0 radical (unpaired) electrons. The molecule has 0 heterocycles. The Morgan fingerprint density at radius 1 is 1.55 bits per heavy atom. The van der Waals surface area contributed by atoms with Crippen molar-refractivity contribution >= 4 is 5.91 Å². The lowest BCUT2D eigenvalue weighted by molar-refractivity contribution is -0.127. The molecule has 4 nitrogen and oxygen atoms in total. The van der Waals surface area contributed by atoms with E-state index in [2.05, 4.69) is 12.2 Å². The van der Waals surface area contributed by atoms with E-state index in [9.17, 15) is 9.90 Å². The van der Waals surface area contributed by atoms with Gasteiger partial charge < -0.3 is 15.2 Å². The Morgan fingerprint density at radius 3 is 3.10 bits per heavy atom. The van der Waals surface area contributed by atoms with Gasteiger partial charge in [-0.05, 0) is 37.8 Å². The number of unbranched alkanes of at least 4 members (excludes halogenated alkanes) is 1. The summed E-state index contributed by atoms with van der Waals surface area (Å²) in [5, 5.41) is 12.7. The van der Waals surface area contributed by atoms with E-state index in [-0.39, 0.29) is 5.91 Å². The van der Waals surface area contributed by atoms with Crippen molar-refractivity contribution in [2.45, 2.75) is 51.7 Å². The summed E-state index contributed by atoms with van der Waals surface area (Å²) in [7, 11) is 0. The van der Waals surface area contributed by atoms with Crippen molar-refractivity contribution < 1.29 is 14.6 Å². The number of aliphatic hydroxyl groups excluding tert-OH is 1. The van der Waals surface area contributed by atoms with Crippen LogP contribution in [0.3, 0.4) is 0 Å². The van der Waals surface area contributed by atoms with Crippen LogP contribution in [0.25, 0.3) is 0 Å². The highest BCUT2D eigenvalue weighted by Gasteiger charge is 2.24. The van der Waals surface area contributed by atoms with Crippen LogP contribution >= 0.6 is 0 Å². The summed E-state index contributed by atoms with van der Waals surface area (Å²) in [6, 6.07) is 5.66. The van der Waals surface area contributed by atoms with E-state index >= 15 is 0 Å². The lowest BCUT2D eigenvalue weighted by atomic mass is 10.1. The van der Waals surface area contributed by atoms with Crippen molar-refractivity contribution in [2.24, 2.45) is 0 Å². The second-order valence-corrected chi connectivity index (χ2v) is 5.28. The number of rotatable bonds is 6. The largest absolute Gasteiger partial charge is 0.481 e. The van der Waals surface area contributed by atoms with E-state index in [1.165, 1.54) is 0 Å². The monoisotopic (exact) mass is 277 g/mol. The minimum atomic E-state index is -0.518. The molecule has 0 fully saturated rings.